The third-order valence-electron chi connectivity index (χ3n) is 5.02. The highest BCUT2D eigenvalue weighted by Crippen LogP contribution is 2.30. The number of rotatable bonds is 8. The van der Waals surface area contributed by atoms with Crippen molar-refractivity contribution >= 4 is 10.9 Å². The van der Waals surface area contributed by atoms with E-state index in [9.17, 15) is 5.11 Å². The van der Waals surface area contributed by atoms with E-state index in [1.54, 1.807) is 6.20 Å². The Balaban J connectivity index is 1.63. The summed E-state index contributed by atoms with van der Waals surface area (Å²) in [5.74, 6) is 0.799. The first kappa shape index (κ1) is 19.2. The Morgan fingerprint density at radius 2 is 1.86 bits per heavy atom. The van der Waals surface area contributed by atoms with Crippen LogP contribution in [-0.2, 0) is 6.61 Å². The first-order valence-electron chi connectivity index (χ1n) is 9.77. The fourth-order valence-electron chi connectivity index (χ4n) is 3.65. The number of fused-ring (bicyclic) bond motifs is 1. The van der Waals surface area contributed by atoms with Gasteiger partial charge in [-0.1, -0.05) is 36.4 Å². The van der Waals surface area contributed by atoms with Crippen molar-refractivity contribution in [2.24, 2.45) is 0 Å². The Kier molecular flexibility index (Phi) is 5.89. The Morgan fingerprint density at radius 3 is 2.62 bits per heavy atom. The van der Waals surface area contributed by atoms with Gasteiger partial charge in [0.2, 0.25) is 0 Å². The summed E-state index contributed by atoms with van der Waals surface area (Å²) in [5, 5.41) is 15.0. The van der Waals surface area contributed by atoms with Gasteiger partial charge in [0.05, 0.1) is 17.8 Å². The molecular weight excluding hydrogens is 362 g/mol. The molecule has 2 aromatic heterocycles. The quantitative estimate of drug-likeness (QED) is 0.483. The molecule has 148 valence electrons. The maximum Gasteiger partial charge on any atom is 0.130 e. The van der Waals surface area contributed by atoms with Gasteiger partial charge in [0.25, 0.3) is 0 Å². The molecule has 4 aromatic rings. The predicted octanol–water partition coefficient (Wildman–Crippen LogP) is 3.79. The molecule has 0 spiro atoms. The molecule has 0 amide bonds. The zero-order valence-electron chi connectivity index (χ0n) is 16.4. The van der Waals surface area contributed by atoms with Gasteiger partial charge in [-0.15, -0.1) is 0 Å². The molecule has 0 saturated heterocycles. The summed E-state index contributed by atoms with van der Waals surface area (Å²) in [6, 6.07) is 23.8. The molecular formula is C24H25N3O2. The summed E-state index contributed by atoms with van der Waals surface area (Å²) >= 11 is 0. The molecule has 0 aliphatic rings. The van der Waals surface area contributed by atoms with E-state index in [-0.39, 0.29) is 6.04 Å². The van der Waals surface area contributed by atoms with Gasteiger partial charge >= 0.3 is 0 Å². The molecule has 0 radical (unpaired) electrons. The van der Waals surface area contributed by atoms with Crippen LogP contribution in [0, 0.1) is 0 Å². The maximum absolute atomic E-state index is 10.8. The minimum absolute atomic E-state index is 0.179. The van der Waals surface area contributed by atoms with Gasteiger partial charge in [-0.25, -0.2) is 0 Å². The third kappa shape index (κ3) is 4.31. The van der Waals surface area contributed by atoms with E-state index in [0.717, 1.165) is 27.9 Å². The highest BCUT2D eigenvalue weighted by atomic mass is 16.5. The smallest absolute Gasteiger partial charge is 0.130 e. The minimum Gasteiger partial charge on any atom is -0.487 e. The van der Waals surface area contributed by atoms with E-state index >= 15 is 0 Å². The van der Waals surface area contributed by atoms with E-state index in [4.69, 9.17) is 4.74 Å². The van der Waals surface area contributed by atoms with E-state index in [2.05, 4.69) is 33.1 Å². The largest absolute Gasteiger partial charge is 0.487 e. The van der Waals surface area contributed by atoms with Crippen LogP contribution in [0.3, 0.4) is 0 Å². The second-order valence-electron chi connectivity index (χ2n) is 7.03. The lowest BCUT2D eigenvalue weighted by molar-refractivity contribution is 0.132. The Labute approximate surface area is 170 Å². The van der Waals surface area contributed by atoms with Gasteiger partial charge in [0.1, 0.15) is 12.4 Å². The number of nitrogens with zero attached hydrogens (tertiary/aromatic N) is 2. The molecule has 4 rings (SSSR count). The Bertz CT molecular complexity index is 1050. The average molecular weight is 387 g/mol. The van der Waals surface area contributed by atoms with Gasteiger partial charge in [-0.05, 0) is 49.0 Å². The van der Waals surface area contributed by atoms with Gasteiger partial charge in [-0.3, -0.25) is 4.98 Å². The number of likely N-dealkylation sites (N-methyl/N-ethyl adjacent to an activating group) is 1. The van der Waals surface area contributed by atoms with Crippen molar-refractivity contribution in [3.05, 3.63) is 96.4 Å². The van der Waals surface area contributed by atoms with Crippen LogP contribution in [0.5, 0.6) is 5.75 Å². The topological polar surface area (TPSA) is 59.3 Å². The molecule has 2 unspecified atom stereocenters. The predicted molar refractivity (Wildman–Crippen MR) is 115 cm³/mol. The maximum atomic E-state index is 10.8. The standard InChI is InChI=1S/C24H25N3O2/c1-25-16-23(28)24(18-7-3-2-4-8-18)27-14-12-19-15-21(10-11-22(19)27)29-17-20-9-5-6-13-26-20/h2-15,23-25,28H,16-17H2,1H3. The van der Waals surface area contributed by atoms with Crippen LogP contribution in [0.1, 0.15) is 17.3 Å². The van der Waals surface area contributed by atoms with E-state index in [0.29, 0.717) is 13.2 Å². The second kappa shape index (κ2) is 8.90. The fourth-order valence-corrected chi connectivity index (χ4v) is 3.65. The number of hydrogen-bond acceptors (Lipinski definition) is 4. The van der Waals surface area contributed by atoms with E-state index < -0.39 is 6.10 Å². The normalized spacial score (nSPS) is 13.3. The number of ether oxygens (including phenoxy) is 1. The number of nitrogens with one attached hydrogen (secondary N) is 1. The molecule has 2 N–H and O–H groups in total. The van der Waals surface area contributed by atoms with Crippen LogP contribution in [0.2, 0.25) is 0 Å². The zero-order chi connectivity index (χ0) is 20.1. The summed E-state index contributed by atoms with van der Waals surface area (Å²) in [6.45, 7) is 0.936. The number of benzene rings is 2. The van der Waals surface area contributed by atoms with Crippen molar-refractivity contribution < 1.29 is 9.84 Å². The van der Waals surface area contributed by atoms with Crippen molar-refractivity contribution in [3.63, 3.8) is 0 Å². The monoisotopic (exact) mass is 387 g/mol. The molecule has 0 fully saturated rings. The Morgan fingerprint density at radius 1 is 1.03 bits per heavy atom. The highest BCUT2D eigenvalue weighted by molar-refractivity contribution is 5.82. The molecule has 5 nitrogen and oxygen atoms in total. The van der Waals surface area contributed by atoms with Crippen LogP contribution in [-0.4, -0.2) is 34.4 Å². The minimum atomic E-state index is -0.557. The number of aliphatic hydroxyl groups excluding tert-OH is 1. The van der Waals surface area contributed by atoms with Crippen molar-refractivity contribution in [2.45, 2.75) is 18.8 Å². The lowest BCUT2D eigenvalue weighted by Gasteiger charge is -2.26. The van der Waals surface area contributed by atoms with Crippen LogP contribution < -0.4 is 10.1 Å². The van der Waals surface area contributed by atoms with Gasteiger partial charge in [-0.2, -0.15) is 0 Å². The summed E-state index contributed by atoms with van der Waals surface area (Å²) in [4.78, 5) is 4.29. The number of aromatic nitrogens is 2. The highest BCUT2D eigenvalue weighted by Gasteiger charge is 2.23. The molecule has 5 heteroatoms. The molecule has 2 aromatic carbocycles. The third-order valence-corrected chi connectivity index (χ3v) is 5.02. The van der Waals surface area contributed by atoms with Crippen LogP contribution in [0.4, 0.5) is 0 Å². The summed E-state index contributed by atoms with van der Waals surface area (Å²) < 4.78 is 8.04. The number of aliphatic hydroxyl groups is 1. The van der Waals surface area contributed by atoms with Crippen molar-refractivity contribution in [2.75, 3.05) is 13.6 Å². The van der Waals surface area contributed by atoms with E-state index in [1.165, 1.54) is 0 Å². The molecule has 29 heavy (non-hydrogen) atoms. The molecule has 0 saturated carbocycles. The summed E-state index contributed by atoms with van der Waals surface area (Å²) in [5.41, 5.74) is 3.02. The molecule has 2 heterocycles. The summed E-state index contributed by atoms with van der Waals surface area (Å²) in [7, 11) is 1.85. The first-order valence-corrected chi connectivity index (χ1v) is 9.77. The van der Waals surface area contributed by atoms with Crippen molar-refractivity contribution in [1.82, 2.24) is 14.9 Å². The average Bonchev–Trinajstić information content (AvgIpc) is 3.17. The molecule has 2 atom stereocenters. The first-order chi connectivity index (χ1) is 14.3. The molecule has 0 bridgehead atoms. The number of hydrogen-bond donors (Lipinski definition) is 2. The number of pyridine rings is 1. The zero-order valence-corrected chi connectivity index (χ0v) is 16.4. The van der Waals surface area contributed by atoms with Crippen molar-refractivity contribution in [1.29, 1.82) is 0 Å². The van der Waals surface area contributed by atoms with E-state index in [1.807, 2.05) is 67.8 Å². The van der Waals surface area contributed by atoms with Crippen LogP contribution >= 0.6 is 0 Å². The van der Waals surface area contributed by atoms with Crippen molar-refractivity contribution in [3.8, 4) is 5.75 Å². The Hall–Kier alpha value is -3.15. The lowest BCUT2D eigenvalue weighted by atomic mass is 10.0. The SMILES string of the molecule is CNCC(O)C(c1ccccc1)n1ccc2cc(OCc3ccccn3)ccc21. The second-order valence-corrected chi connectivity index (χ2v) is 7.03. The molecule has 0 aliphatic carbocycles. The van der Waals surface area contributed by atoms with Gasteiger partial charge < -0.3 is 19.7 Å². The lowest BCUT2D eigenvalue weighted by Crippen LogP contribution is -2.33. The van der Waals surface area contributed by atoms with Gasteiger partial charge in [0, 0.05) is 29.8 Å². The summed E-state index contributed by atoms with van der Waals surface area (Å²) in [6.07, 6.45) is 3.24. The van der Waals surface area contributed by atoms with Gasteiger partial charge in [0.15, 0.2) is 0 Å². The molecule has 0 aliphatic heterocycles. The van der Waals surface area contributed by atoms with Crippen LogP contribution in [0.25, 0.3) is 10.9 Å². The fraction of sp³-hybridized carbons (Fsp3) is 0.208. The van der Waals surface area contributed by atoms with Crippen LogP contribution in [0.15, 0.2) is 85.2 Å².